The Labute approximate surface area is 122 Å². The van der Waals surface area contributed by atoms with Crippen LogP contribution in [0.5, 0.6) is 0 Å². The van der Waals surface area contributed by atoms with E-state index in [9.17, 15) is 18.0 Å². The van der Waals surface area contributed by atoms with Crippen LogP contribution < -0.4 is 0 Å². The molecule has 1 heterocycles. The number of aromatic nitrogens is 1. The van der Waals surface area contributed by atoms with Gasteiger partial charge in [0.2, 0.25) is 0 Å². The first-order valence-corrected chi connectivity index (χ1v) is 7.05. The Morgan fingerprint density at radius 2 is 1.81 bits per heavy atom. The number of hydrogen-bond acceptors (Lipinski definition) is 3. The van der Waals surface area contributed by atoms with Crippen LogP contribution in [0.25, 0.3) is 0 Å². The number of pyridine rings is 1. The third kappa shape index (κ3) is 3.36. The molecule has 0 fully saturated rings. The minimum Gasteiger partial charge on any atom is -0.477 e. The van der Waals surface area contributed by atoms with Gasteiger partial charge in [-0.15, -0.1) is 11.8 Å². The number of halogens is 3. The third-order valence-corrected chi connectivity index (χ3v) is 3.54. The van der Waals surface area contributed by atoms with E-state index < -0.39 is 29.8 Å². The van der Waals surface area contributed by atoms with Crippen molar-refractivity contribution in [2.45, 2.75) is 11.3 Å². The standard InChI is InChI=1S/C14H10F3NO2S/c1-21-7-4-10(16)8(11(17)5-7)6-13-9(15)2-3-12(18-13)14(19)20/h2-5H,6H2,1H3,(H,19,20). The molecule has 0 atom stereocenters. The van der Waals surface area contributed by atoms with Gasteiger partial charge >= 0.3 is 5.97 Å². The molecule has 0 saturated carbocycles. The van der Waals surface area contributed by atoms with Crippen LogP contribution in [0.4, 0.5) is 13.2 Å². The molecule has 2 aromatic rings. The molecular weight excluding hydrogens is 303 g/mol. The molecule has 1 aromatic carbocycles. The lowest BCUT2D eigenvalue weighted by Crippen LogP contribution is -2.07. The summed E-state index contributed by atoms with van der Waals surface area (Å²) in [5, 5.41) is 8.81. The molecule has 0 aliphatic rings. The maximum absolute atomic E-state index is 13.9. The second-order valence-corrected chi connectivity index (χ2v) is 5.06. The Balaban J connectivity index is 2.43. The lowest BCUT2D eigenvalue weighted by Gasteiger charge is -2.08. The maximum atomic E-state index is 13.9. The van der Waals surface area contributed by atoms with Crippen molar-refractivity contribution in [1.29, 1.82) is 0 Å². The highest BCUT2D eigenvalue weighted by atomic mass is 32.2. The second-order valence-electron chi connectivity index (χ2n) is 4.18. The van der Waals surface area contributed by atoms with Gasteiger partial charge in [0.05, 0.1) is 5.69 Å². The zero-order valence-corrected chi connectivity index (χ0v) is 11.7. The highest BCUT2D eigenvalue weighted by molar-refractivity contribution is 7.98. The number of thioether (sulfide) groups is 1. The molecule has 1 aromatic heterocycles. The Morgan fingerprint density at radius 3 is 2.33 bits per heavy atom. The molecule has 0 radical (unpaired) electrons. The fourth-order valence-corrected chi connectivity index (χ4v) is 2.20. The lowest BCUT2D eigenvalue weighted by atomic mass is 10.1. The highest BCUT2D eigenvalue weighted by Crippen LogP contribution is 2.24. The van der Waals surface area contributed by atoms with E-state index >= 15 is 0 Å². The molecule has 21 heavy (non-hydrogen) atoms. The summed E-state index contributed by atoms with van der Waals surface area (Å²) < 4.78 is 41.3. The number of carboxylic acids is 1. The number of carboxylic acid groups (broad SMARTS) is 1. The van der Waals surface area contributed by atoms with Crippen LogP contribution in [0.1, 0.15) is 21.7 Å². The maximum Gasteiger partial charge on any atom is 0.354 e. The summed E-state index contributed by atoms with van der Waals surface area (Å²) in [6.45, 7) is 0. The summed E-state index contributed by atoms with van der Waals surface area (Å²) in [4.78, 5) is 14.8. The first-order valence-electron chi connectivity index (χ1n) is 5.83. The van der Waals surface area contributed by atoms with Crippen molar-refractivity contribution in [2.75, 3.05) is 6.26 Å². The number of nitrogens with zero attached hydrogens (tertiary/aromatic N) is 1. The average molecular weight is 313 g/mol. The average Bonchev–Trinajstić information content (AvgIpc) is 2.44. The van der Waals surface area contributed by atoms with E-state index in [0.717, 1.165) is 24.3 Å². The molecule has 0 amide bonds. The van der Waals surface area contributed by atoms with Gasteiger partial charge in [0.25, 0.3) is 0 Å². The van der Waals surface area contributed by atoms with Crippen molar-refractivity contribution in [3.63, 3.8) is 0 Å². The van der Waals surface area contributed by atoms with Gasteiger partial charge in [-0.1, -0.05) is 0 Å². The summed E-state index contributed by atoms with van der Waals surface area (Å²) in [7, 11) is 0. The van der Waals surface area contributed by atoms with E-state index in [-0.39, 0.29) is 17.0 Å². The Morgan fingerprint density at radius 1 is 1.19 bits per heavy atom. The smallest absolute Gasteiger partial charge is 0.354 e. The van der Waals surface area contributed by atoms with Crippen molar-refractivity contribution in [2.24, 2.45) is 0 Å². The van der Waals surface area contributed by atoms with Crippen molar-refractivity contribution in [3.05, 3.63) is 58.7 Å². The summed E-state index contributed by atoms with van der Waals surface area (Å²) in [6.07, 6.45) is 1.21. The van der Waals surface area contributed by atoms with Crippen LogP contribution in [0, 0.1) is 17.5 Å². The molecule has 0 unspecified atom stereocenters. The summed E-state index contributed by atoms with van der Waals surface area (Å²) in [5.74, 6) is -3.79. The molecule has 1 N–H and O–H groups in total. The fourth-order valence-electron chi connectivity index (χ4n) is 1.76. The molecule has 3 nitrogen and oxygen atoms in total. The van der Waals surface area contributed by atoms with Crippen LogP contribution in [0.3, 0.4) is 0 Å². The van der Waals surface area contributed by atoms with Crippen molar-refractivity contribution >= 4 is 17.7 Å². The van der Waals surface area contributed by atoms with Gasteiger partial charge in [-0.25, -0.2) is 22.9 Å². The molecule has 0 saturated heterocycles. The molecule has 0 aliphatic carbocycles. The number of benzene rings is 1. The fraction of sp³-hybridized carbons (Fsp3) is 0.143. The van der Waals surface area contributed by atoms with Gasteiger partial charge in [0.1, 0.15) is 23.1 Å². The van der Waals surface area contributed by atoms with E-state index in [1.807, 2.05) is 0 Å². The van der Waals surface area contributed by atoms with Gasteiger partial charge in [0, 0.05) is 16.9 Å². The second kappa shape index (κ2) is 6.17. The number of carbonyl (C=O) groups is 1. The lowest BCUT2D eigenvalue weighted by molar-refractivity contribution is 0.0690. The van der Waals surface area contributed by atoms with Gasteiger partial charge < -0.3 is 5.11 Å². The molecule has 0 aliphatic heterocycles. The Bertz CT molecular complexity index is 684. The van der Waals surface area contributed by atoms with E-state index in [1.165, 1.54) is 11.8 Å². The molecule has 7 heteroatoms. The summed E-state index contributed by atoms with van der Waals surface area (Å²) >= 11 is 1.17. The zero-order valence-electron chi connectivity index (χ0n) is 10.9. The van der Waals surface area contributed by atoms with E-state index in [2.05, 4.69) is 4.98 Å². The zero-order chi connectivity index (χ0) is 15.6. The molecule has 0 spiro atoms. The molecule has 0 bridgehead atoms. The van der Waals surface area contributed by atoms with E-state index in [0.29, 0.717) is 4.90 Å². The summed E-state index contributed by atoms with van der Waals surface area (Å²) in [5.41, 5.74) is -1.04. The van der Waals surface area contributed by atoms with Gasteiger partial charge in [0.15, 0.2) is 0 Å². The third-order valence-electron chi connectivity index (χ3n) is 2.83. The topological polar surface area (TPSA) is 50.2 Å². The van der Waals surface area contributed by atoms with Crippen LogP contribution in [0.15, 0.2) is 29.2 Å². The van der Waals surface area contributed by atoms with E-state index in [1.54, 1.807) is 6.26 Å². The largest absolute Gasteiger partial charge is 0.477 e. The minimum absolute atomic E-state index is 0.315. The van der Waals surface area contributed by atoms with Crippen LogP contribution in [-0.2, 0) is 6.42 Å². The predicted octanol–water partition coefficient (Wildman–Crippen LogP) is 3.51. The SMILES string of the molecule is CSc1cc(F)c(Cc2nc(C(=O)O)ccc2F)c(F)c1. The predicted molar refractivity (Wildman–Crippen MR) is 72.1 cm³/mol. The van der Waals surface area contributed by atoms with E-state index in [4.69, 9.17) is 5.11 Å². The van der Waals surface area contributed by atoms with Crippen molar-refractivity contribution in [3.8, 4) is 0 Å². The molecule has 110 valence electrons. The van der Waals surface area contributed by atoms with Crippen molar-refractivity contribution < 1.29 is 23.1 Å². The quantitative estimate of drug-likeness (QED) is 0.878. The molecular formula is C14H10F3NO2S. The van der Waals surface area contributed by atoms with Crippen molar-refractivity contribution in [1.82, 2.24) is 4.98 Å². The number of aromatic carboxylic acids is 1. The summed E-state index contributed by atoms with van der Waals surface area (Å²) in [6, 6.07) is 4.19. The minimum atomic E-state index is -1.34. The normalized spacial score (nSPS) is 10.7. The monoisotopic (exact) mass is 313 g/mol. The van der Waals surface area contributed by atoms with Gasteiger partial charge in [-0.05, 0) is 30.5 Å². The first kappa shape index (κ1) is 15.4. The van der Waals surface area contributed by atoms with Crippen LogP contribution >= 0.6 is 11.8 Å². The Hall–Kier alpha value is -2.02. The molecule has 2 rings (SSSR count). The highest BCUT2D eigenvalue weighted by Gasteiger charge is 2.16. The van der Waals surface area contributed by atoms with Crippen LogP contribution in [0.2, 0.25) is 0 Å². The number of rotatable bonds is 4. The number of hydrogen-bond donors (Lipinski definition) is 1. The van der Waals surface area contributed by atoms with Crippen LogP contribution in [-0.4, -0.2) is 22.3 Å². The van der Waals surface area contributed by atoms with Gasteiger partial charge in [-0.2, -0.15) is 0 Å². The van der Waals surface area contributed by atoms with Gasteiger partial charge in [-0.3, -0.25) is 0 Å². The Kier molecular flexibility index (Phi) is 4.52. The first-order chi connectivity index (χ1) is 9.92.